The Balaban J connectivity index is 1.98. The van der Waals surface area contributed by atoms with Crippen LogP contribution >= 0.6 is 23.2 Å². The van der Waals surface area contributed by atoms with Crippen LogP contribution in [0.3, 0.4) is 0 Å². The predicted octanol–water partition coefficient (Wildman–Crippen LogP) is 4.07. The third-order valence-corrected chi connectivity index (χ3v) is 4.18. The smallest absolute Gasteiger partial charge is 0.213 e. The zero-order valence-electron chi connectivity index (χ0n) is 14.1. The average Bonchev–Trinajstić information content (AvgIpc) is 2.59. The highest BCUT2D eigenvalue weighted by Crippen LogP contribution is 2.32. The number of hydrogen-bond acceptors (Lipinski definition) is 5. The lowest BCUT2D eigenvalue weighted by atomic mass is 10.1. The van der Waals surface area contributed by atoms with E-state index in [1.807, 2.05) is 31.2 Å². The van der Waals surface area contributed by atoms with Crippen LogP contribution in [0.15, 0.2) is 30.3 Å². The summed E-state index contributed by atoms with van der Waals surface area (Å²) in [5.41, 5.74) is 3.33. The maximum absolute atomic E-state index is 6.13. The van der Waals surface area contributed by atoms with Gasteiger partial charge in [-0.15, -0.1) is 11.6 Å². The normalized spacial score (nSPS) is 12.5. The van der Waals surface area contributed by atoms with Crippen molar-refractivity contribution < 1.29 is 4.74 Å². The number of aromatic nitrogens is 2. The van der Waals surface area contributed by atoms with Crippen molar-refractivity contribution in [3.05, 3.63) is 35.4 Å². The number of halogens is 2. The number of ether oxygens (including phenoxy) is 1. The van der Waals surface area contributed by atoms with E-state index in [0.29, 0.717) is 10.9 Å². The molecule has 0 spiro atoms. The van der Waals surface area contributed by atoms with Gasteiger partial charge in [0.1, 0.15) is 5.52 Å². The number of nitrogens with zero attached hydrogens (tertiary/aromatic N) is 2. The first kappa shape index (κ1) is 18.0. The van der Waals surface area contributed by atoms with Crippen molar-refractivity contribution in [3.8, 4) is 5.88 Å². The molecule has 0 aliphatic carbocycles. The maximum atomic E-state index is 6.13. The molecule has 132 valence electrons. The van der Waals surface area contributed by atoms with Crippen molar-refractivity contribution in [3.63, 3.8) is 0 Å². The van der Waals surface area contributed by atoms with E-state index in [0.717, 1.165) is 47.3 Å². The van der Waals surface area contributed by atoms with E-state index in [-0.39, 0.29) is 5.38 Å². The lowest BCUT2D eigenvalue weighted by Crippen LogP contribution is -2.27. The fraction of sp³-hybridized carbons (Fsp3) is 0.333. The number of benzene rings is 1. The van der Waals surface area contributed by atoms with Gasteiger partial charge in [0.05, 0.1) is 23.8 Å². The first-order valence-electron chi connectivity index (χ1n) is 8.11. The van der Waals surface area contributed by atoms with Crippen LogP contribution < -0.4 is 15.4 Å². The second kappa shape index (κ2) is 8.04. The van der Waals surface area contributed by atoms with Crippen LogP contribution in [0.1, 0.15) is 6.92 Å². The highest BCUT2D eigenvalue weighted by Gasteiger charge is 2.12. The van der Waals surface area contributed by atoms with E-state index in [2.05, 4.69) is 20.6 Å². The summed E-state index contributed by atoms with van der Waals surface area (Å²) in [6.45, 7) is 4.26. The monoisotopic (exact) mass is 378 g/mol. The molecule has 1 unspecified atom stereocenters. The molecule has 0 saturated heterocycles. The Morgan fingerprint density at radius 1 is 1.12 bits per heavy atom. The van der Waals surface area contributed by atoms with Crippen molar-refractivity contribution in [2.24, 2.45) is 0 Å². The van der Waals surface area contributed by atoms with Crippen LogP contribution in [0.25, 0.3) is 21.9 Å². The number of anilines is 1. The Morgan fingerprint density at radius 3 is 2.72 bits per heavy atom. The number of fused-ring (bicyclic) bond motifs is 2. The van der Waals surface area contributed by atoms with E-state index < -0.39 is 0 Å². The van der Waals surface area contributed by atoms with E-state index in [1.165, 1.54) is 0 Å². The highest BCUT2D eigenvalue weighted by molar-refractivity contribution is 6.31. The highest BCUT2D eigenvalue weighted by atomic mass is 35.5. The summed E-state index contributed by atoms with van der Waals surface area (Å²) in [6.07, 6.45) is 0. The Morgan fingerprint density at radius 2 is 1.96 bits per heavy atom. The summed E-state index contributed by atoms with van der Waals surface area (Å²) in [6, 6.07) is 9.39. The Bertz CT molecular complexity index is 886. The van der Waals surface area contributed by atoms with Crippen LogP contribution in [0.4, 0.5) is 5.69 Å². The molecule has 0 aliphatic rings. The fourth-order valence-electron chi connectivity index (χ4n) is 2.64. The number of nitrogens with one attached hydrogen (secondary N) is 2. The van der Waals surface area contributed by atoms with Crippen LogP contribution in [-0.2, 0) is 0 Å². The molecule has 0 fully saturated rings. The van der Waals surface area contributed by atoms with Crippen molar-refractivity contribution in [1.29, 1.82) is 0 Å². The lowest BCUT2D eigenvalue weighted by Gasteiger charge is -2.14. The number of rotatable bonds is 7. The molecular weight excluding hydrogens is 359 g/mol. The third kappa shape index (κ3) is 4.24. The molecule has 1 aromatic carbocycles. The summed E-state index contributed by atoms with van der Waals surface area (Å²) < 4.78 is 5.26. The van der Waals surface area contributed by atoms with Crippen LogP contribution in [0, 0.1) is 0 Å². The Kier molecular flexibility index (Phi) is 5.78. The molecule has 3 aromatic rings. The molecule has 0 radical (unpaired) electrons. The van der Waals surface area contributed by atoms with E-state index in [1.54, 1.807) is 13.2 Å². The largest absolute Gasteiger partial charge is 0.481 e. The molecule has 2 heterocycles. The van der Waals surface area contributed by atoms with Gasteiger partial charge in [-0.1, -0.05) is 11.6 Å². The number of alkyl halides is 1. The third-order valence-electron chi connectivity index (χ3n) is 3.79. The topological polar surface area (TPSA) is 59.1 Å². The molecule has 7 heteroatoms. The van der Waals surface area contributed by atoms with Crippen molar-refractivity contribution in [2.75, 3.05) is 32.1 Å². The fourth-order valence-corrected chi connectivity index (χ4v) is 2.92. The van der Waals surface area contributed by atoms with Gasteiger partial charge in [-0.25, -0.2) is 9.97 Å². The quantitative estimate of drug-likeness (QED) is 0.368. The molecule has 3 rings (SSSR count). The second-order valence-electron chi connectivity index (χ2n) is 5.78. The maximum Gasteiger partial charge on any atom is 0.213 e. The standard InChI is InChI=1S/C18H20Cl2N4O/c1-11(19)10-21-7-8-22-17-13-4-3-12(20)9-15(13)23-14-5-6-16(25-2)24-18(14)17/h3-6,9,11,21H,7-8,10H2,1-2H3,(H,22,23). The molecular formula is C18H20Cl2N4O. The van der Waals surface area contributed by atoms with Gasteiger partial charge in [-0.3, -0.25) is 0 Å². The van der Waals surface area contributed by atoms with Gasteiger partial charge in [0, 0.05) is 41.5 Å². The zero-order valence-corrected chi connectivity index (χ0v) is 15.7. The molecule has 0 aliphatic heterocycles. The van der Waals surface area contributed by atoms with Crippen LogP contribution in [0.5, 0.6) is 5.88 Å². The second-order valence-corrected chi connectivity index (χ2v) is 6.96. The minimum absolute atomic E-state index is 0.107. The predicted molar refractivity (Wildman–Crippen MR) is 105 cm³/mol. The summed E-state index contributed by atoms with van der Waals surface area (Å²) in [4.78, 5) is 9.24. The summed E-state index contributed by atoms with van der Waals surface area (Å²) in [7, 11) is 1.60. The number of methoxy groups -OCH3 is 1. The van der Waals surface area contributed by atoms with Gasteiger partial charge in [-0.2, -0.15) is 0 Å². The Hall–Kier alpha value is -1.82. The lowest BCUT2D eigenvalue weighted by molar-refractivity contribution is 0.399. The minimum Gasteiger partial charge on any atom is -0.481 e. The zero-order chi connectivity index (χ0) is 17.8. The van der Waals surface area contributed by atoms with Crippen LogP contribution in [0.2, 0.25) is 5.02 Å². The first-order valence-corrected chi connectivity index (χ1v) is 8.92. The van der Waals surface area contributed by atoms with Crippen LogP contribution in [-0.4, -0.2) is 42.1 Å². The van der Waals surface area contributed by atoms with Gasteiger partial charge in [-0.05, 0) is 31.2 Å². The molecule has 0 saturated carbocycles. The van der Waals surface area contributed by atoms with Crippen molar-refractivity contribution in [2.45, 2.75) is 12.3 Å². The van der Waals surface area contributed by atoms with E-state index in [4.69, 9.17) is 27.9 Å². The number of pyridine rings is 2. The molecule has 5 nitrogen and oxygen atoms in total. The number of hydrogen-bond donors (Lipinski definition) is 2. The molecule has 2 N–H and O–H groups in total. The van der Waals surface area contributed by atoms with E-state index >= 15 is 0 Å². The molecule has 2 aromatic heterocycles. The average molecular weight is 379 g/mol. The summed E-state index contributed by atoms with van der Waals surface area (Å²) in [5.74, 6) is 0.555. The van der Waals surface area contributed by atoms with Gasteiger partial charge in [0.2, 0.25) is 5.88 Å². The van der Waals surface area contributed by atoms with Gasteiger partial charge >= 0.3 is 0 Å². The van der Waals surface area contributed by atoms with Crippen molar-refractivity contribution >= 4 is 50.8 Å². The van der Waals surface area contributed by atoms with Gasteiger partial charge in [0.15, 0.2) is 0 Å². The van der Waals surface area contributed by atoms with Gasteiger partial charge in [0.25, 0.3) is 0 Å². The van der Waals surface area contributed by atoms with Gasteiger partial charge < -0.3 is 15.4 Å². The minimum atomic E-state index is 0.107. The summed E-state index contributed by atoms with van der Waals surface area (Å²) in [5, 5.41) is 8.51. The Labute approximate surface area is 156 Å². The molecule has 0 amide bonds. The molecule has 0 bridgehead atoms. The molecule has 25 heavy (non-hydrogen) atoms. The van der Waals surface area contributed by atoms with Crippen molar-refractivity contribution in [1.82, 2.24) is 15.3 Å². The first-order chi connectivity index (χ1) is 12.1. The van der Waals surface area contributed by atoms with E-state index in [9.17, 15) is 0 Å². The summed E-state index contributed by atoms with van der Waals surface area (Å²) >= 11 is 12.1. The SMILES string of the molecule is COc1ccc2nc3cc(Cl)ccc3c(NCCNCC(C)Cl)c2n1. The molecule has 1 atom stereocenters.